The van der Waals surface area contributed by atoms with Crippen molar-refractivity contribution >= 4 is 17.0 Å². The van der Waals surface area contributed by atoms with E-state index in [1.54, 1.807) is 6.07 Å². The molecule has 90 valence electrons. The van der Waals surface area contributed by atoms with Gasteiger partial charge in [0.25, 0.3) is 0 Å². The van der Waals surface area contributed by atoms with Gasteiger partial charge in [-0.15, -0.1) is 17.0 Å². The lowest BCUT2D eigenvalue weighted by Crippen LogP contribution is -2.11. The minimum absolute atomic E-state index is 0. The third-order valence-electron chi connectivity index (χ3n) is 2.92. The van der Waals surface area contributed by atoms with Gasteiger partial charge in [-0.1, -0.05) is 12.1 Å². The molecule has 0 saturated carbocycles. The Hall–Kier alpha value is -0.610. The first kappa shape index (κ1) is 13.5. The van der Waals surface area contributed by atoms with Crippen molar-refractivity contribution < 1.29 is 9.13 Å². The van der Waals surface area contributed by atoms with Crippen molar-refractivity contribution in [2.75, 3.05) is 20.2 Å². The quantitative estimate of drug-likeness (QED) is 0.924. The smallest absolute Gasteiger partial charge is 0.165 e. The first-order valence-corrected chi connectivity index (χ1v) is 5.33. The second-order valence-electron chi connectivity index (χ2n) is 4.00. The average Bonchev–Trinajstić information content (AvgIpc) is 2.71. The van der Waals surface area contributed by atoms with Crippen molar-refractivity contribution in [3.05, 3.63) is 29.6 Å². The van der Waals surface area contributed by atoms with Crippen LogP contribution in [0.5, 0.6) is 5.75 Å². The molecular weight excluding hydrogens is 273 g/mol. The van der Waals surface area contributed by atoms with Crippen LogP contribution in [0.25, 0.3) is 0 Å². The molecule has 2 nitrogen and oxygen atoms in total. The van der Waals surface area contributed by atoms with Crippen molar-refractivity contribution in [3.8, 4) is 5.75 Å². The molecule has 0 bridgehead atoms. The van der Waals surface area contributed by atoms with Gasteiger partial charge in [0.2, 0.25) is 0 Å². The topological polar surface area (TPSA) is 21.3 Å². The van der Waals surface area contributed by atoms with Crippen LogP contribution < -0.4 is 10.1 Å². The van der Waals surface area contributed by atoms with Crippen LogP contribution in [-0.4, -0.2) is 20.2 Å². The van der Waals surface area contributed by atoms with E-state index in [-0.39, 0.29) is 22.8 Å². The zero-order valence-corrected chi connectivity index (χ0v) is 11.0. The maximum absolute atomic E-state index is 13.4. The summed E-state index contributed by atoms with van der Waals surface area (Å²) in [5.74, 6) is 0.756. The number of methoxy groups -OCH3 is 1. The highest BCUT2D eigenvalue weighted by Gasteiger charge is 2.18. The van der Waals surface area contributed by atoms with Gasteiger partial charge in [0.05, 0.1) is 7.11 Å². The summed E-state index contributed by atoms with van der Waals surface area (Å²) in [6.07, 6.45) is 2.06. The van der Waals surface area contributed by atoms with E-state index in [2.05, 4.69) is 5.32 Å². The molecule has 1 unspecified atom stereocenters. The fraction of sp³-hybridized carbons (Fsp3) is 0.500. The first-order valence-electron chi connectivity index (χ1n) is 5.33. The highest BCUT2D eigenvalue weighted by atomic mass is 79.9. The third kappa shape index (κ3) is 2.95. The monoisotopic (exact) mass is 289 g/mol. The number of benzene rings is 1. The van der Waals surface area contributed by atoms with Gasteiger partial charge in [0.15, 0.2) is 11.6 Å². The molecule has 0 amide bonds. The van der Waals surface area contributed by atoms with Gasteiger partial charge in [0.1, 0.15) is 0 Å². The first-order chi connectivity index (χ1) is 7.31. The molecule has 1 atom stereocenters. The van der Waals surface area contributed by atoms with E-state index in [9.17, 15) is 4.39 Å². The lowest BCUT2D eigenvalue weighted by molar-refractivity contribution is 0.378. The van der Waals surface area contributed by atoms with Gasteiger partial charge >= 0.3 is 0 Å². The number of hydrogen-bond acceptors (Lipinski definition) is 2. The van der Waals surface area contributed by atoms with E-state index >= 15 is 0 Å². The van der Waals surface area contributed by atoms with Gasteiger partial charge in [-0.3, -0.25) is 0 Å². The molecule has 2 rings (SSSR count). The van der Waals surface area contributed by atoms with Gasteiger partial charge in [0, 0.05) is 0 Å². The molecule has 0 radical (unpaired) electrons. The number of halogens is 2. The molecule has 1 aliphatic heterocycles. The Labute approximate surface area is 106 Å². The SMILES string of the molecule is Br.COc1c(F)cccc1CC1CCNC1. The zero-order chi connectivity index (χ0) is 10.7. The summed E-state index contributed by atoms with van der Waals surface area (Å²) >= 11 is 0. The predicted octanol–water partition coefficient (Wildman–Crippen LogP) is 2.56. The summed E-state index contributed by atoms with van der Waals surface area (Å²) in [4.78, 5) is 0. The van der Waals surface area contributed by atoms with Crippen molar-refractivity contribution in [2.45, 2.75) is 12.8 Å². The van der Waals surface area contributed by atoms with Crippen LogP contribution in [0, 0.1) is 11.7 Å². The molecular formula is C12H17BrFNO. The molecule has 4 heteroatoms. The van der Waals surface area contributed by atoms with Crippen LogP contribution in [0.2, 0.25) is 0 Å². The molecule has 0 aliphatic carbocycles. The fourth-order valence-electron chi connectivity index (χ4n) is 2.14. The maximum Gasteiger partial charge on any atom is 0.165 e. The Morgan fingerprint density at radius 2 is 2.31 bits per heavy atom. The van der Waals surface area contributed by atoms with Crippen LogP contribution in [0.1, 0.15) is 12.0 Å². The van der Waals surface area contributed by atoms with Crippen LogP contribution in [0.4, 0.5) is 4.39 Å². The molecule has 1 aromatic carbocycles. The maximum atomic E-state index is 13.4. The van der Waals surface area contributed by atoms with E-state index in [1.165, 1.54) is 19.6 Å². The Morgan fingerprint density at radius 3 is 2.94 bits per heavy atom. The second-order valence-corrected chi connectivity index (χ2v) is 4.00. The van der Waals surface area contributed by atoms with Crippen molar-refractivity contribution in [3.63, 3.8) is 0 Å². The van der Waals surface area contributed by atoms with Crippen molar-refractivity contribution in [2.24, 2.45) is 5.92 Å². The van der Waals surface area contributed by atoms with Crippen LogP contribution in [-0.2, 0) is 6.42 Å². The largest absolute Gasteiger partial charge is 0.493 e. The Kier molecular flexibility index (Phi) is 5.22. The number of nitrogens with one attached hydrogen (secondary N) is 1. The Bertz CT molecular complexity index is 340. The highest BCUT2D eigenvalue weighted by Crippen LogP contribution is 2.26. The van der Waals surface area contributed by atoms with Crippen LogP contribution in [0.3, 0.4) is 0 Å². The molecule has 1 fully saturated rings. The highest BCUT2D eigenvalue weighted by molar-refractivity contribution is 8.93. The normalized spacial score (nSPS) is 19.2. The molecule has 1 N–H and O–H groups in total. The van der Waals surface area contributed by atoms with E-state index in [4.69, 9.17) is 4.74 Å². The van der Waals surface area contributed by atoms with Crippen LogP contribution >= 0.6 is 17.0 Å². The third-order valence-corrected chi connectivity index (χ3v) is 2.92. The zero-order valence-electron chi connectivity index (χ0n) is 9.33. The number of rotatable bonds is 3. The predicted molar refractivity (Wildman–Crippen MR) is 68.0 cm³/mol. The fourth-order valence-corrected chi connectivity index (χ4v) is 2.14. The molecule has 0 spiro atoms. The molecule has 1 saturated heterocycles. The van der Waals surface area contributed by atoms with E-state index < -0.39 is 0 Å². The van der Waals surface area contributed by atoms with E-state index in [0.717, 1.165) is 25.1 Å². The van der Waals surface area contributed by atoms with Gasteiger partial charge in [-0.25, -0.2) is 4.39 Å². The van der Waals surface area contributed by atoms with Gasteiger partial charge < -0.3 is 10.1 Å². The Balaban J connectivity index is 0.00000128. The minimum Gasteiger partial charge on any atom is -0.493 e. The van der Waals surface area contributed by atoms with E-state index in [0.29, 0.717) is 11.7 Å². The minimum atomic E-state index is -0.263. The molecule has 1 aromatic rings. The molecule has 0 aromatic heterocycles. The summed E-state index contributed by atoms with van der Waals surface area (Å²) in [5.41, 5.74) is 0.978. The van der Waals surface area contributed by atoms with Crippen LogP contribution in [0.15, 0.2) is 18.2 Å². The summed E-state index contributed by atoms with van der Waals surface area (Å²) in [6, 6.07) is 5.13. The van der Waals surface area contributed by atoms with E-state index in [1.807, 2.05) is 6.07 Å². The number of para-hydroxylation sites is 1. The van der Waals surface area contributed by atoms with Gasteiger partial charge in [-0.2, -0.15) is 0 Å². The summed E-state index contributed by atoms with van der Waals surface area (Å²) in [5, 5.41) is 3.31. The van der Waals surface area contributed by atoms with Crippen molar-refractivity contribution in [1.29, 1.82) is 0 Å². The summed E-state index contributed by atoms with van der Waals surface area (Å²) in [6.45, 7) is 2.10. The molecule has 16 heavy (non-hydrogen) atoms. The summed E-state index contributed by atoms with van der Waals surface area (Å²) < 4.78 is 18.5. The average molecular weight is 290 g/mol. The number of hydrogen-bond donors (Lipinski definition) is 1. The standard InChI is InChI=1S/C12H16FNO.BrH/c1-15-12-10(3-2-4-11(12)13)7-9-5-6-14-8-9;/h2-4,9,14H,5-8H2,1H3;1H. The Morgan fingerprint density at radius 1 is 1.50 bits per heavy atom. The molecule has 1 heterocycles. The lowest BCUT2D eigenvalue weighted by Gasteiger charge is -2.12. The van der Waals surface area contributed by atoms with Gasteiger partial charge in [-0.05, 0) is 43.5 Å². The molecule has 1 aliphatic rings. The van der Waals surface area contributed by atoms with Crippen molar-refractivity contribution in [1.82, 2.24) is 5.32 Å². The lowest BCUT2D eigenvalue weighted by atomic mass is 9.98. The summed E-state index contributed by atoms with van der Waals surface area (Å²) in [7, 11) is 1.52. The number of ether oxygens (including phenoxy) is 1. The second kappa shape index (κ2) is 6.21.